The lowest BCUT2D eigenvalue weighted by atomic mass is 9.95. The lowest BCUT2D eigenvalue weighted by molar-refractivity contribution is 0.438. The maximum Gasteiger partial charge on any atom is 0.150 e. The number of hydrogen-bond acceptors (Lipinski definition) is 1. The molecule has 0 fully saturated rings. The molecule has 0 aliphatic rings. The van der Waals surface area contributed by atoms with Gasteiger partial charge in [0, 0.05) is 10.5 Å². The van der Waals surface area contributed by atoms with E-state index >= 15 is 0 Å². The quantitative estimate of drug-likeness (QED) is 0.714. The van der Waals surface area contributed by atoms with Gasteiger partial charge in [-0.05, 0) is 36.8 Å². The second-order valence-corrected chi connectivity index (χ2v) is 6.76. The van der Waals surface area contributed by atoms with Gasteiger partial charge in [0.1, 0.15) is 17.3 Å². The molecule has 0 aliphatic carbocycles. The van der Waals surface area contributed by atoms with Gasteiger partial charge in [-0.1, -0.05) is 43.6 Å². The summed E-state index contributed by atoms with van der Waals surface area (Å²) >= 11 is 3.09. The summed E-state index contributed by atoms with van der Waals surface area (Å²) in [5.41, 5.74) is -0.0190. The molecule has 1 rings (SSSR count). The Balaban J connectivity index is 2.89. The highest BCUT2D eigenvalue weighted by Crippen LogP contribution is 2.26. The van der Waals surface area contributed by atoms with Gasteiger partial charge in [-0.15, -0.1) is 0 Å². The van der Waals surface area contributed by atoms with E-state index in [4.69, 9.17) is 0 Å². The number of hydrogen-bond donors (Lipinski definition) is 1. The third-order valence-electron chi connectivity index (χ3n) is 2.87. The van der Waals surface area contributed by atoms with Crippen LogP contribution in [0.5, 0.6) is 0 Å². The summed E-state index contributed by atoms with van der Waals surface area (Å²) in [6, 6.07) is 2.66. The Kier molecular flexibility index (Phi) is 6.24. The van der Waals surface area contributed by atoms with Gasteiger partial charge in [0.15, 0.2) is 0 Å². The van der Waals surface area contributed by atoms with Gasteiger partial charge in [0.05, 0.1) is 0 Å². The van der Waals surface area contributed by atoms with Crippen molar-refractivity contribution in [3.05, 3.63) is 28.2 Å². The van der Waals surface area contributed by atoms with E-state index in [1.807, 2.05) is 0 Å². The number of nitrogens with one attached hydrogen (secondary N) is 1. The van der Waals surface area contributed by atoms with Crippen LogP contribution in [0.3, 0.4) is 0 Å². The lowest BCUT2D eigenvalue weighted by Crippen LogP contribution is -2.24. The van der Waals surface area contributed by atoms with Crippen LogP contribution < -0.4 is 5.32 Å². The molecule has 1 aromatic rings. The number of halogens is 3. The molecule has 0 aliphatic heterocycles. The predicted molar refractivity (Wildman–Crippen MR) is 80.4 cm³/mol. The molecule has 0 unspecified atom stereocenters. The Bertz CT molecular complexity index is 386. The van der Waals surface area contributed by atoms with E-state index < -0.39 is 11.6 Å². The van der Waals surface area contributed by atoms with Gasteiger partial charge in [0.25, 0.3) is 0 Å². The normalized spacial score (nSPS) is 11.7. The van der Waals surface area contributed by atoms with Crippen molar-refractivity contribution in [2.24, 2.45) is 11.8 Å². The van der Waals surface area contributed by atoms with Crippen LogP contribution in [0.25, 0.3) is 0 Å². The second kappa shape index (κ2) is 7.22. The maximum atomic E-state index is 13.8. The molecule has 19 heavy (non-hydrogen) atoms. The van der Waals surface area contributed by atoms with E-state index in [9.17, 15) is 8.78 Å². The monoisotopic (exact) mass is 333 g/mol. The van der Waals surface area contributed by atoms with Crippen LogP contribution in [0.15, 0.2) is 16.6 Å². The van der Waals surface area contributed by atoms with E-state index in [0.717, 1.165) is 12.8 Å². The van der Waals surface area contributed by atoms with Gasteiger partial charge in [-0.25, -0.2) is 8.78 Å². The van der Waals surface area contributed by atoms with Crippen LogP contribution in [0.4, 0.5) is 14.5 Å². The molecular formula is C15H22BrF2N. The van der Waals surface area contributed by atoms with Crippen LogP contribution in [0.2, 0.25) is 0 Å². The topological polar surface area (TPSA) is 12.0 Å². The third-order valence-corrected chi connectivity index (χ3v) is 3.33. The second-order valence-electron chi connectivity index (χ2n) is 5.84. The fourth-order valence-electron chi connectivity index (χ4n) is 2.24. The van der Waals surface area contributed by atoms with E-state index in [2.05, 4.69) is 48.9 Å². The Morgan fingerprint density at radius 3 is 1.79 bits per heavy atom. The summed E-state index contributed by atoms with van der Waals surface area (Å²) < 4.78 is 28.0. The SMILES string of the molecule is CC(C)CC(CC(C)C)Nc1c(F)cc(Br)cc1F. The minimum absolute atomic E-state index is 0.0190. The zero-order valence-electron chi connectivity index (χ0n) is 11.9. The highest BCUT2D eigenvalue weighted by atomic mass is 79.9. The first-order valence-corrected chi connectivity index (χ1v) is 7.50. The maximum absolute atomic E-state index is 13.8. The minimum Gasteiger partial charge on any atom is -0.378 e. The first kappa shape index (κ1) is 16.4. The van der Waals surface area contributed by atoms with Crippen LogP contribution in [-0.4, -0.2) is 6.04 Å². The zero-order valence-corrected chi connectivity index (χ0v) is 13.5. The molecule has 4 heteroatoms. The molecular weight excluding hydrogens is 312 g/mol. The fraction of sp³-hybridized carbons (Fsp3) is 0.600. The van der Waals surface area contributed by atoms with Crippen LogP contribution >= 0.6 is 15.9 Å². The van der Waals surface area contributed by atoms with Crippen LogP contribution in [0.1, 0.15) is 40.5 Å². The van der Waals surface area contributed by atoms with Gasteiger partial charge >= 0.3 is 0 Å². The molecule has 0 saturated carbocycles. The summed E-state index contributed by atoms with van der Waals surface area (Å²) in [5, 5.41) is 3.03. The standard InChI is InChI=1S/C15H22BrF2N/c1-9(2)5-12(6-10(3)4)19-15-13(17)7-11(16)8-14(15)18/h7-10,12,19H,5-6H2,1-4H3. The largest absolute Gasteiger partial charge is 0.378 e. The predicted octanol–water partition coefficient (Wildman–Crippen LogP) is 5.60. The van der Waals surface area contributed by atoms with E-state index in [1.54, 1.807) is 0 Å². The molecule has 0 amide bonds. The van der Waals surface area contributed by atoms with E-state index in [1.165, 1.54) is 12.1 Å². The molecule has 1 nitrogen and oxygen atoms in total. The third kappa shape index (κ3) is 5.47. The van der Waals surface area contributed by atoms with Gasteiger partial charge in [-0.2, -0.15) is 0 Å². The van der Waals surface area contributed by atoms with Gasteiger partial charge in [-0.3, -0.25) is 0 Å². The number of rotatable bonds is 6. The summed E-state index contributed by atoms with van der Waals surface area (Å²) in [4.78, 5) is 0. The molecule has 0 saturated heterocycles. The molecule has 1 aromatic carbocycles. The minimum atomic E-state index is -0.551. The average Bonchev–Trinajstić information content (AvgIpc) is 2.21. The Morgan fingerprint density at radius 1 is 1.00 bits per heavy atom. The number of benzene rings is 1. The molecule has 1 N–H and O–H groups in total. The molecule has 0 heterocycles. The summed E-state index contributed by atoms with van der Waals surface area (Å²) in [6.07, 6.45) is 1.79. The molecule has 0 atom stereocenters. The Hall–Kier alpha value is -0.640. The lowest BCUT2D eigenvalue weighted by Gasteiger charge is -2.24. The highest BCUT2D eigenvalue weighted by Gasteiger charge is 2.17. The molecule has 0 spiro atoms. The van der Waals surface area contributed by atoms with Crippen molar-refractivity contribution < 1.29 is 8.78 Å². The van der Waals surface area contributed by atoms with E-state index in [0.29, 0.717) is 16.3 Å². The Morgan fingerprint density at radius 2 is 1.42 bits per heavy atom. The van der Waals surface area contributed by atoms with Gasteiger partial charge in [0.2, 0.25) is 0 Å². The highest BCUT2D eigenvalue weighted by molar-refractivity contribution is 9.10. The molecule has 0 aromatic heterocycles. The first-order valence-electron chi connectivity index (χ1n) is 6.70. The van der Waals surface area contributed by atoms with Gasteiger partial charge < -0.3 is 5.32 Å². The molecule has 0 bridgehead atoms. The van der Waals surface area contributed by atoms with Crippen molar-refractivity contribution >= 4 is 21.6 Å². The molecule has 108 valence electrons. The molecule has 0 radical (unpaired) electrons. The van der Waals surface area contributed by atoms with Crippen molar-refractivity contribution in [3.63, 3.8) is 0 Å². The zero-order chi connectivity index (χ0) is 14.6. The van der Waals surface area contributed by atoms with Crippen molar-refractivity contribution in [2.45, 2.75) is 46.6 Å². The summed E-state index contributed by atoms with van der Waals surface area (Å²) in [5.74, 6) is -0.135. The van der Waals surface area contributed by atoms with Crippen molar-refractivity contribution in [3.8, 4) is 0 Å². The van der Waals surface area contributed by atoms with E-state index in [-0.39, 0.29) is 11.7 Å². The average molecular weight is 334 g/mol. The van der Waals surface area contributed by atoms with Crippen molar-refractivity contribution in [1.29, 1.82) is 0 Å². The number of anilines is 1. The first-order chi connectivity index (χ1) is 8.79. The summed E-state index contributed by atoms with van der Waals surface area (Å²) in [6.45, 7) is 8.46. The van der Waals surface area contributed by atoms with Crippen molar-refractivity contribution in [1.82, 2.24) is 0 Å². The summed E-state index contributed by atoms with van der Waals surface area (Å²) in [7, 11) is 0. The van der Waals surface area contributed by atoms with Crippen LogP contribution in [0, 0.1) is 23.5 Å². The Labute approximate surface area is 122 Å². The smallest absolute Gasteiger partial charge is 0.150 e. The van der Waals surface area contributed by atoms with Crippen molar-refractivity contribution in [2.75, 3.05) is 5.32 Å². The fourth-order valence-corrected chi connectivity index (χ4v) is 2.64. The van der Waals surface area contributed by atoms with Crippen LogP contribution in [-0.2, 0) is 0 Å².